The lowest BCUT2D eigenvalue weighted by Crippen LogP contribution is -2.87. The molecule has 6 aliphatic carbocycles. The van der Waals surface area contributed by atoms with Crippen LogP contribution in [0.25, 0.3) is 0 Å². The lowest BCUT2D eigenvalue weighted by atomic mass is 9.16. The highest BCUT2D eigenvalue weighted by Crippen LogP contribution is 2.75. The Morgan fingerprint density at radius 2 is 0.869 bits per heavy atom. The third-order valence-electron chi connectivity index (χ3n) is 22.2. The summed E-state index contributed by atoms with van der Waals surface area (Å²) in [6.07, 6.45) is 11.9. The molecule has 2 N–H and O–H groups in total. The average Bonchev–Trinajstić information content (AvgIpc) is 3.80. The molecule has 2 aromatic rings. The standard InChI is InChI=1S/C54H77BN6/c1-52(2,3)30-20-28-22-39-42-44-41(28)29(21-30)23-40-43(44)49-45-48(42)60-46-35(24-31(53(4,5)6)26-37(46)56-50(60)58(39)33-16-12-10-13-17-33)55(45)36-25-32(54(7,8)9)27-38-47(36)61(49)51(57-38)59(40)34-18-14-11-15-19-34/h10-19,28-32,35-51,56-57H,20-27H2,1-9H3. The molecular weight excluding hydrogens is 743 g/mol. The second kappa shape index (κ2) is 12.4. The number of nitrogens with zero attached hydrogens (tertiary/aromatic N) is 4. The molecule has 18 unspecified atom stereocenters. The molecule has 2 aromatic carbocycles. The maximum atomic E-state index is 4.66. The van der Waals surface area contributed by atoms with E-state index < -0.39 is 0 Å². The summed E-state index contributed by atoms with van der Waals surface area (Å²) in [5.74, 6) is 9.46. The third-order valence-corrected chi connectivity index (χ3v) is 22.2. The summed E-state index contributed by atoms with van der Waals surface area (Å²) in [4.78, 5) is 12.9. The molecule has 61 heavy (non-hydrogen) atoms. The molecule has 6 saturated heterocycles. The first-order valence-electron chi connectivity index (χ1n) is 25.9. The first-order chi connectivity index (χ1) is 29.2. The van der Waals surface area contributed by atoms with Crippen LogP contribution in [0, 0.1) is 69.5 Å². The second-order valence-corrected chi connectivity index (χ2v) is 27.2. The number of benzene rings is 2. The van der Waals surface area contributed by atoms with E-state index in [0.717, 1.165) is 77.4 Å². The quantitative estimate of drug-likeness (QED) is 0.294. The molecule has 0 radical (unpaired) electrons. The normalized spacial score (nSPS) is 51.1. The minimum absolute atomic E-state index is 0.312. The van der Waals surface area contributed by atoms with E-state index in [2.05, 4.69) is 153 Å². The van der Waals surface area contributed by atoms with E-state index in [-0.39, 0.29) is 0 Å². The topological polar surface area (TPSA) is 37.0 Å². The Morgan fingerprint density at radius 3 is 1.28 bits per heavy atom. The van der Waals surface area contributed by atoms with Gasteiger partial charge in [-0.3, -0.25) is 20.4 Å². The lowest BCUT2D eigenvalue weighted by molar-refractivity contribution is -0.205. The van der Waals surface area contributed by atoms with Crippen LogP contribution in [-0.4, -0.2) is 77.4 Å². The Labute approximate surface area is 369 Å². The second-order valence-electron chi connectivity index (χ2n) is 27.2. The molecule has 326 valence electrons. The van der Waals surface area contributed by atoms with E-state index >= 15 is 0 Å². The van der Waals surface area contributed by atoms with Crippen LogP contribution in [0.4, 0.5) is 11.4 Å². The summed E-state index contributed by atoms with van der Waals surface area (Å²) < 4.78 is 0. The molecule has 6 aliphatic heterocycles. The van der Waals surface area contributed by atoms with Gasteiger partial charge in [-0.05, 0) is 150 Å². The lowest BCUT2D eigenvalue weighted by Gasteiger charge is -2.79. The smallest absolute Gasteiger partial charge is 0.157 e. The Kier molecular flexibility index (Phi) is 7.79. The van der Waals surface area contributed by atoms with Gasteiger partial charge in [0, 0.05) is 59.7 Å². The number of anilines is 2. The van der Waals surface area contributed by atoms with Crippen molar-refractivity contribution in [3.63, 3.8) is 0 Å². The van der Waals surface area contributed by atoms with E-state index in [0.29, 0.717) is 77.2 Å². The molecule has 0 spiro atoms. The van der Waals surface area contributed by atoms with Crippen LogP contribution < -0.4 is 20.4 Å². The van der Waals surface area contributed by atoms with Crippen LogP contribution in [-0.2, 0) is 0 Å². The molecular formula is C54H77BN6. The van der Waals surface area contributed by atoms with Crippen molar-refractivity contribution in [1.29, 1.82) is 0 Å². The highest BCUT2D eigenvalue weighted by Gasteiger charge is 2.80. The highest BCUT2D eigenvalue weighted by molar-refractivity contribution is 6.65. The third kappa shape index (κ3) is 4.92. The van der Waals surface area contributed by atoms with Crippen molar-refractivity contribution in [1.82, 2.24) is 20.4 Å². The van der Waals surface area contributed by atoms with Crippen molar-refractivity contribution < 1.29 is 0 Å². The molecule has 12 fully saturated rings. The van der Waals surface area contributed by atoms with E-state index in [1.807, 2.05) is 0 Å². The Balaban J connectivity index is 1.03. The van der Waals surface area contributed by atoms with Crippen LogP contribution in [0.2, 0.25) is 17.5 Å². The summed E-state index contributed by atoms with van der Waals surface area (Å²) in [5, 5.41) is 9.32. The van der Waals surface area contributed by atoms with Crippen LogP contribution in [0.3, 0.4) is 0 Å². The van der Waals surface area contributed by atoms with Crippen molar-refractivity contribution in [3.05, 3.63) is 60.7 Å². The van der Waals surface area contributed by atoms with Crippen LogP contribution in [0.1, 0.15) is 114 Å². The van der Waals surface area contributed by atoms with Crippen molar-refractivity contribution in [3.8, 4) is 0 Å². The average molecular weight is 821 g/mol. The van der Waals surface area contributed by atoms with E-state index in [4.69, 9.17) is 0 Å². The summed E-state index contributed by atoms with van der Waals surface area (Å²) in [6.45, 7) is 24.2. The van der Waals surface area contributed by atoms with Gasteiger partial charge in [0.15, 0.2) is 6.71 Å². The van der Waals surface area contributed by atoms with Gasteiger partial charge in [-0.15, -0.1) is 0 Å². The fourth-order valence-corrected chi connectivity index (χ4v) is 20.2. The number of hydrogen-bond acceptors (Lipinski definition) is 6. The van der Waals surface area contributed by atoms with E-state index in [1.165, 1.54) is 62.7 Å². The highest BCUT2D eigenvalue weighted by atomic mass is 15.6. The maximum Gasteiger partial charge on any atom is 0.157 e. The molecule has 12 aliphatic rings. The van der Waals surface area contributed by atoms with Gasteiger partial charge in [-0.2, -0.15) is 0 Å². The van der Waals surface area contributed by atoms with Crippen LogP contribution in [0.15, 0.2) is 60.7 Å². The largest absolute Gasteiger partial charge is 0.340 e. The molecule has 0 aromatic heterocycles. The minimum Gasteiger partial charge on any atom is -0.340 e. The Morgan fingerprint density at radius 1 is 0.459 bits per heavy atom. The van der Waals surface area contributed by atoms with Gasteiger partial charge >= 0.3 is 0 Å². The number of rotatable bonds is 2. The van der Waals surface area contributed by atoms with Gasteiger partial charge in [-0.25, -0.2) is 0 Å². The zero-order valence-corrected chi connectivity index (χ0v) is 39.0. The monoisotopic (exact) mass is 821 g/mol. The summed E-state index contributed by atoms with van der Waals surface area (Å²) >= 11 is 0. The van der Waals surface area contributed by atoms with Gasteiger partial charge < -0.3 is 9.80 Å². The summed E-state index contributed by atoms with van der Waals surface area (Å²) in [7, 11) is 0. The van der Waals surface area contributed by atoms with Crippen LogP contribution >= 0.6 is 0 Å². The molecule has 14 rings (SSSR count). The summed E-state index contributed by atoms with van der Waals surface area (Å²) in [6, 6.07) is 29.1. The zero-order valence-electron chi connectivity index (χ0n) is 39.0. The van der Waals surface area contributed by atoms with Crippen molar-refractivity contribution >= 4 is 18.1 Å². The van der Waals surface area contributed by atoms with E-state index in [1.54, 1.807) is 0 Å². The van der Waals surface area contributed by atoms with Gasteiger partial charge in [0.2, 0.25) is 0 Å². The number of para-hydroxylation sites is 2. The zero-order chi connectivity index (χ0) is 41.4. The predicted molar refractivity (Wildman–Crippen MR) is 249 cm³/mol. The maximum absolute atomic E-state index is 4.66. The number of nitrogens with one attached hydrogen (secondary N) is 2. The van der Waals surface area contributed by atoms with Gasteiger partial charge in [0.1, 0.15) is 12.6 Å². The molecule has 6 heterocycles. The van der Waals surface area contributed by atoms with E-state index in [9.17, 15) is 0 Å². The van der Waals surface area contributed by atoms with Crippen molar-refractivity contribution in [2.45, 2.75) is 192 Å². The van der Waals surface area contributed by atoms with Crippen molar-refractivity contribution in [2.75, 3.05) is 9.80 Å². The fourth-order valence-electron chi connectivity index (χ4n) is 20.2. The van der Waals surface area contributed by atoms with Gasteiger partial charge in [-0.1, -0.05) is 112 Å². The molecule has 6 nitrogen and oxygen atoms in total. The Hall–Kier alpha value is -2.06. The molecule has 7 heteroatoms. The predicted octanol–water partition coefficient (Wildman–Crippen LogP) is 9.87. The van der Waals surface area contributed by atoms with Crippen molar-refractivity contribution in [2.24, 2.45) is 69.5 Å². The first-order valence-corrected chi connectivity index (χ1v) is 25.9. The minimum atomic E-state index is 0.312. The SMILES string of the molecule is CC(C)(C)C1CC2CC3C4C5C2C(CC2C5C5C6B(C7CC(C(C)(C)C)CC8NC(N3c3ccccc3)N(C87)C64)C3CC(C(C)(C)C)CC4NC(N2c2ccccc2)N5C43)C1. The Bertz CT molecular complexity index is 1920. The van der Waals surface area contributed by atoms with Crippen LogP contribution in [0.5, 0.6) is 0 Å². The molecule has 6 saturated carbocycles. The first kappa shape index (κ1) is 38.2. The molecule has 0 bridgehead atoms. The number of hydrogen-bond donors (Lipinski definition) is 2. The molecule has 18 atom stereocenters. The number of fused-ring (bicyclic) bond motifs is 2. The van der Waals surface area contributed by atoms with Gasteiger partial charge in [0.25, 0.3) is 0 Å². The summed E-state index contributed by atoms with van der Waals surface area (Å²) in [5.41, 5.74) is 3.98. The fraction of sp³-hybridized carbons (Fsp3) is 0.778. The van der Waals surface area contributed by atoms with Gasteiger partial charge in [0.05, 0.1) is 0 Å². The molecule has 0 amide bonds.